The second-order valence-corrected chi connectivity index (χ2v) is 6.71. The van der Waals surface area contributed by atoms with Gasteiger partial charge in [-0.05, 0) is 61.5 Å². The summed E-state index contributed by atoms with van der Waals surface area (Å²) < 4.78 is 5.60. The van der Waals surface area contributed by atoms with E-state index >= 15 is 0 Å². The monoisotopic (exact) mass is 340 g/mol. The van der Waals surface area contributed by atoms with Gasteiger partial charge in [0, 0.05) is 6.61 Å². The van der Waals surface area contributed by atoms with Crippen LogP contribution in [0.25, 0.3) is 0 Å². The molecule has 1 aromatic rings. The number of aromatic carboxylic acids is 1. The molecule has 4 nitrogen and oxygen atoms in total. The van der Waals surface area contributed by atoms with Crippen molar-refractivity contribution in [3.63, 3.8) is 0 Å². The molecule has 0 fully saturated rings. The minimum atomic E-state index is -0.914. The molecule has 5 heteroatoms. The molecule has 0 aromatic heterocycles. The zero-order chi connectivity index (χ0) is 16.8. The van der Waals surface area contributed by atoms with Crippen molar-refractivity contribution in [2.75, 3.05) is 24.7 Å². The summed E-state index contributed by atoms with van der Waals surface area (Å²) in [6, 6.07) is 6.54. The molecule has 0 saturated carbocycles. The van der Waals surface area contributed by atoms with Crippen LogP contribution in [0.4, 0.5) is 0 Å². The maximum Gasteiger partial charge on any atom is 0.335 e. The number of hydrogen-bond donors (Lipinski definition) is 2. The highest BCUT2D eigenvalue weighted by Crippen LogP contribution is 2.14. The summed E-state index contributed by atoms with van der Waals surface area (Å²) in [6.45, 7) is 0.997. The molecule has 0 aliphatic heterocycles. The van der Waals surface area contributed by atoms with Gasteiger partial charge in [-0.25, -0.2) is 4.79 Å². The number of carboxylic acids is 1. The first-order valence-electron chi connectivity index (χ1n) is 8.39. The average molecular weight is 340 g/mol. The largest absolute Gasteiger partial charge is 0.494 e. The lowest BCUT2D eigenvalue weighted by molar-refractivity contribution is 0.0697. The van der Waals surface area contributed by atoms with Crippen molar-refractivity contribution in [2.24, 2.45) is 0 Å². The molecule has 2 N–H and O–H groups in total. The minimum Gasteiger partial charge on any atom is -0.494 e. The Balaban J connectivity index is 1.90. The minimum absolute atomic E-state index is 0.284. The molecule has 0 radical (unpaired) electrons. The van der Waals surface area contributed by atoms with Gasteiger partial charge in [0.1, 0.15) is 5.75 Å². The highest BCUT2D eigenvalue weighted by atomic mass is 32.2. The molecule has 0 spiro atoms. The third-order valence-electron chi connectivity index (χ3n) is 3.50. The van der Waals surface area contributed by atoms with Gasteiger partial charge in [-0.15, -0.1) is 0 Å². The number of thioether (sulfide) groups is 1. The number of rotatable bonds is 14. The lowest BCUT2D eigenvalue weighted by Gasteiger charge is -2.06. The fourth-order valence-corrected chi connectivity index (χ4v) is 3.16. The van der Waals surface area contributed by atoms with Crippen molar-refractivity contribution in [3.05, 3.63) is 29.8 Å². The molecule has 0 bridgehead atoms. The Kier molecular flexibility index (Phi) is 11.4. The van der Waals surface area contributed by atoms with E-state index in [0.717, 1.165) is 31.4 Å². The molecule has 1 aromatic carbocycles. The van der Waals surface area contributed by atoms with E-state index in [1.807, 2.05) is 11.8 Å². The maximum absolute atomic E-state index is 10.7. The number of ether oxygens (including phenoxy) is 1. The van der Waals surface area contributed by atoms with E-state index in [2.05, 4.69) is 0 Å². The Morgan fingerprint density at radius 3 is 2.13 bits per heavy atom. The van der Waals surface area contributed by atoms with Crippen LogP contribution in [0.5, 0.6) is 5.75 Å². The predicted octanol–water partition coefficient (Wildman–Crippen LogP) is 4.22. The Bertz CT molecular complexity index is 420. The van der Waals surface area contributed by atoms with Gasteiger partial charge in [0.05, 0.1) is 12.2 Å². The predicted molar refractivity (Wildman–Crippen MR) is 95.6 cm³/mol. The molecule has 0 aliphatic rings. The molecule has 0 unspecified atom stereocenters. The van der Waals surface area contributed by atoms with Gasteiger partial charge >= 0.3 is 5.97 Å². The molecule has 0 amide bonds. The summed E-state index contributed by atoms with van der Waals surface area (Å²) in [5.41, 5.74) is 0.284. The van der Waals surface area contributed by atoms with E-state index in [1.165, 1.54) is 30.8 Å². The van der Waals surface area contributed by atoms with Gasteiger partial charge in [0.25, 0.3) is 0 Å². The number of carbonyl (C=O) groups is 1. The van der Waals surface area contributed by atoms with Crippen LogP contribution in [0, 0.1) is 0 Å². The SMILES string of the molecule is O=C(O)c1ccc(OCCCCCCSCCCCCO)cc1. The van der Waals surface area contributed by atoms with Gasteiger partial charge < -0.3 is 14.9 Å². The van der Waals surface area contributed by atoms with Crippen molar-refractivity contribution in [3.8, 4) is 5.75 Å². The van der Waals surface area contributed by atoms with Crippen LogP contribution in [-0.4, -0.2) is 40.9 Å². The van der Waals surface area contributed by atoms with Crippen molar-refractivity contribution < 1.29 is 19.7 Å². The first kappa shape index (κ1) is 19.8. The van der Waals surface area contributed by atoms with Crippen molar-refractivity contribution in [1.82, 2.24) is 0 Å². The van der Waals surface area contributed by atoms with Crippen LogP contribution in [0.1, 0.15) is 55.3 Å². The van der Waals surface area contributed by atoms with Crippen molar-refractivity contribution >= 4 is 17.7 Å². The molecule has 130 valence electrons. The molecular formula is C18H28O4S. The summed E-state index contributed by atoms with van der Waals surface area (Å²) in [7, 11) is 0. The summed E-state index contributed by atoms with van der Waals surface area (Å²) >= 11 is 2.01. The lowest BCUT2D eigenvalue weighted by Crippen LogP contribution is -1.99. The number of aliphatic hydroxyl groups is 1. The number of unbranched alkanes of at least 4 members (excludes halogenated alkanes) is 5. The molecule has 0 aliphatic carbocycles. The van der Waals surface area contributed by atoms with Gasteiger partial charge in [-0.3, -0.25) is 0 Å². The van der Waals surface area contributed by atoms with Gasteiger partial charge in [-0.1, -0.05) is 19.3 Å². The lowest BCUT2D eigenvalue weighted by atomic mass is 10.2. The van der Waals surface area contributed by atoms with Crippen LogP contribution in [0.3, 0.4) is 0 Å². The van der Waals surface area contributed by atoms with Crippen LogP contribution >= 0.6 is 11.8 Å². The van der Waals surface area contributed by atoms with E-state index < -0.39 is 5.97 Å². The highest BCUT2D eigenvalue weighted by Gasteiger charge is 2.01. The smallest absolute Gasteiger partial charge is 0.335 e. The molecule has 1 rings (SSSR count). The molecule has 0 atom stereocenters. The first-order valence-corrected chi connectivity index (χ1v) is 9.54. The molecule has 0 heterocycles. The van der Waals surface area contributed by atoms with Crippen molar-refractivity contribution in [2.45, 2.75) is 44.9 Å². The quantitative estimate of drug-likeness (QED) is 0.496. The summed E-state index contributed by atoms with van der Waals surface area (Å²) in [4.78, 5) is 10.7. The summed E-state index contributed by atoms with van der Waals surface area (Å²) in [5.74, 6) is 2.24. The average Bonchev–Trinajstić information content (AvgIpc) is 2.56. The van der Waals surface area contributed by atoms with E-state index in [-0.39, 0.29) is 5.56 Å². The van der Waals surface area contributed by atoms with E-state index in [1.54, 1.807) is 24.3 Å². The number of hydrogen-bond acceptors (Lipinski definition) is 4. The maximum atomic E-state index is 10.7. The van der Waals surface area contributed by atoms with Crippen LogP contribution in [0.15, 0.2) is 24.3 Å². The Labute approximate surface area is 143 Å². The zero-order valence-corrected chi connectivity index (χ0v) is 14.5. The third-order valence-corrected chi connectivity index (χ3v) is 4.65. The third kappa shape index (κ3) is 10.2. The van der Waals surface area contributed by atoms with Gasteiger partial charge in [-0.2, -0.15) is 11.8 Å². The topological polar surface area (TPSA) is 66.8 Å². The second kappa shape index (κ2) is 13.3. The fourth-order valence-electron chi connectivity index (χ4n) is 2.14. The zero-order valence-electron chi connectivity index (χ0n) is 13.7. The second-order valence-electron chi connectivity index (χ2n) is 5.49. The number of aliphatic hydroxyl groups excluding tert-OH is 1. The Hall–Kier alpha value is -1.20. The Morgan fingerprint density at radius 2 is 1.52 bits per heavy atom. The fraction of sp³-hybridized carbons (Fsp3) is 0.611. The van der Waals surface area contributed by atoms with Crippen LogP contribution in [0.2, 0.25) is 0 Å². The van der Waals surface area contributed by atoms with E-state index in [9.17, 15) is 4.79 Å². The number of carboxylic acid groups (broad SMARTS) is 1. The molecular weight excluding hydrogens is 312 g/mol. The van der Waals surface area contributed by atoms with E-state index in [0.29, 0.717) is 13.2 Å². The molecule has 23 heavy (non-hydrogen) atoms. The number of benzene rings is 1. The Morgan fingerprint density at radius 1 is 0.913 bits per heavy atom. The molecule has 0 saturated heterocycles. The van der Waals surface area contributed by atoms with Crippen molar-refractivity contribution in [1.29, 1.82) is 0 Å². The highest BCUT2D eigenvalue weighted by molar-refractivity contribution is 7.99. The van der Waals surface area contributed by atoms with Crippen LogP contribution in [-0.2, 0) is 0 Å². The normalized spacial score (nSPS) is 10.7. The summed E-state index contributed by atoms with van der Waals surface area (Å²) in [6.07, 6.45) is 7.94. The van der Waals surface area contributed by atoms with E-state index in [4.69, 9.17) is 14.9 Å². The van der Waals surface area contributed by atoms with Crippen LogP contribution < -0.4 is 4.74 Å². The first-order chi connectivity index (χ1) is 11.2. The van der Waals surface area contributed by atoms with Gasteiger partial charge in [0.2, 0.25) is 0 Å². The standard InChI is InChI=1S/C18H28O4S/c19-12-4-3-7-15-23-14-6-2-1-5-13-22-17-10-8-16(9-11-17)18(20)21/h8-11,19H,1-7,12-15H2,(H,20,21). The van der Waals surface area contributed by atoms with Gasteiger partial charge in [0.15, 0.2) is 0 Å². The summed E-state index contributed by atoms with van der Waals surface area (Å²) in [5, 5.41) is 17.5.